The number of carbonyl (C=O) groups excluding carboxylic acids is 1. The molecule has 4 N–H and O–H groups in total. The summed E-state index contributed by atoms with van der Waals surface area (Å²) in [5.74, 6) is -1.81. The summed E-state index contributed by atoms with van der Waals surface area (Å²) in [6, 6.07) is 4.96. The van der Waals surface area contributed by atoms with Crippen LogP contribution in [0.25, 0.3) is 10.8 Å². The van der Waals surface area contributed by atoms with E-state index in [2.05, 4.69) is 19.6 Å². The van der Waals surface area contributed by atoms with Crippen LogP contribution in [0.2, 0.25) is 0 Å². The number of sulfonamides is 1. The predicted molar refractivity (Wildman–Crippen MR) is 137 cm³/mol. The van der Waals surface area contributed by atoms with Crippen molar-refractivity contribution in [2.75, 3.05) is 30.3 Å². The molecule has 2 aliphatic heterocycles. The largest absolute Gasteiger partial charge is 0.480 e. The van der Waals surface area contributed by atoms with Crippen LogP contribution < -0.4 is 15.4 Å². The summed E-state index contributed by atoms with van der Waals surface area (Å²) in [7, 11) is -4.08. The van der Waals surface area contributed by atoms with Crippen molar-refractivity contribution in [3.63, 3.8) is 0 Å². The van der Waals surface area contributed by atoms with Gasteiger partial charge >= 0.3 is 5.97 Å². The Balaban J connectivity index is 1.31. The fourth-order valence-corrected chi connectivity index (χ4v) is 6.19. The summed E-state index contributed by atoms with van der Waals surface area (Å²) in [6.45, 7) is 1.73. The Labute approximate surface area is 218 Å². The van der Waals surface area contributed by atoms with Crippen molar-refractivity contribution in [1.29, 1.82) is 0 Å². The van der Waals surface area contributed by atoms with Crippen molar-refractivity contribution >= 4 is 44.3 Å². The van der Waals surface area contributed by atoms with Gasteiger partial charge in [-0.1, -0.05) is 12.1 Å². The minimum absolute atomic E-state index is 0.00119. The first-order valence-electron chi connectivity index (χ1n) is 12.2. The SMILES string of the molecule is Nc1nccc2c(F)c(CC(C(=O)O)N3CCC(NS(=O)(=O)c4ccc(N5CCCC5)nc4)C3=O)ccc12. The summed E-state index contributed by atoms with van der Waals surface area (Å²) in [5.41, 5.74) is 5.89. The number of pyridine rings is 2. The maximum absolute atomic E-state index is 15.2. The summed E-state index contributed by atoms with van der Waals surface area (Å²) >= 11 is 0. The molecule has 2 fully saturated rings. The third-order valence-electron chi connectivity index (χ3n) is 7.06. The number of nitrogens with two attached hydrogens (primary N) is 1. The van der Waals surface area contributed by atoms with E-state index < -0.39 is 39.8 Å². The summed E-state index contributed by atoms with van der Waals surface area (Å²) < 4.78 is 43.5. The number of halogens is 1. The molecule has 13 heteroatoms. The first-order valence-corrected chi connectivity index (χ1v) is 13.7. The van der Waals surface area contributed by atoms with Crippen molar-refractivity contribution in [3.8, 4) is 0 Å². The zero-order valence-corrected chi connectivity index (χ0v) is 21.2. The second kappa shape index (κ2) is 10.1. The molecule has 4 heterocycles. The highest BCUT2D eigenvalue weighted by molar-refractivity contribution is 7.89. The summed E-state index contributed by atoms with van der Waals surface area (Å²) in [4.78, 5) is 36.5. The van der Waals surface area contributed by atoms with Gasteiger partial charge in [0.05, 0.1) is 0 Å². The van der Waals surface area contributed by atoms with Crippen LogP contribution in [-0.4, -0.2) is 72.0 Å². The average Bonchev–Trinajstić information content (AvgIpc) is 3.55. The van der Waals surface area contributed by atoms with Gasteiger partial charge in [-0.2, -0.15) is 4.72 Å². The van der Waals surface area contributed by atoms with Crippen LogP contribution >= 0.6 is 0 Å². The monoisotopic (exact) mass is 542 g/mol. The fourth-order valence-electron chi connectivity index (χ4n) is 5.02. The number of carboxylic acid groups (broad SMARTS) is 1. The van der Waals surface area contributed by atoms with Crippen molar-refractivity contribution in [3.05, 3.63) is 54.1 Å². The number of anilines is 2. The van der Waals surface area contributed by atoms with Crippen LogP contribution in [0.15, 0.2) is 47.6 Å². The van der Waals surface area contributed by atoms with Crippen molar-refractivity contribution in [2.45, 2.75) is 42.7 Å². The number of carboxylic acids is 1. The zero-order valence-electron chi connectivity index (χ0n) is 20.4. The predicted octanol–water partition coefficient (Wildman–Crippen LogP) is 1.53. The second-order valence-electron chi connectivity index (χ2n) is 9.43. The van der Waals surface area contributed by atoms with Crippen LogP contribution in [0.5, 0.6) is 0 Å². The fraction of sp³-hybridized carbons (Fsp3) is 0.360. The molecule has 2 atom stereocenters. The van der Waals surface area contributed by atoms with E-state index in [9.17, 15) is 23.1 Å². The number of hydrogen-bond acceptors (Lipinski definition) is 8. The van der Waals surface area contributed by atoms with Gasteiger partial charge in [0.1, 0.15) is 34.4 Å². The standard InChI is InChI=1S/C25H27FN6O5S/c26-22-15(3-5-18-17(22)7-9-28-23(18)27)13-20(25(34)35)32-12-8-19(24(32)33)30-38(36,37)16-4-6-21(29-14-16)31-10-1-2-11-31/h3-7,9,14,19-20,30H,1-2,8,10-13H2,(H2,27,28)(H,34,35). The van der Waals surface area contributed by atoms with E-state index in [-0.39, 0.29) is 41.0 Å². The lowest BCUT2D eigenvalue weighted by molar-refractivity contribution is -0.148. The minimum atomic E-state index is -4.08. The molecule has 1 amide bonds. The maximum Gasteiger partial charge on any atom is 0.326 e. The molecule has 11 nitrogen and oxygen atoms in total. The van der Waals surface area contributed by atoms with Crippen molar-refractivity contribution in [2.24, 2.45) is 0 Å². The summed E-state index contributed by atoms with van der Waals surface area (Å²) in [5, 5.41) is 10.5. The smallest absolute Gasteiger partial charge is 0.326 e. The van der Waals surface area contributed by atoms with Gasteiger partial charge in [0, 0.05) is 49.2 Å². The van der Waals surface area contributed by atoms with Crippen LogP contribution in [0.3, 0.4) is 0 Å². The Morgan fingerprint density at radius 3 is 2.58 bits per heavy atom. The van der Waals surface area contributed by atoms with Gasteiger partial charge in [0.2, 0.25) is 15.9 Å². The highest BCUT2D eigenvalue weighted by Crippen LogP contribution is 2.27. The summed E-state index contributed by atoms with van der Waals surface area (Å²) in [6.07, 6.45) is 4.49. The zero-order chi connectivity index (χ0) is 27.0. The van der Waals surface area contributed by atoms with Gasteiger partial charge in [0.15, 0.2) is 0 Å². The molecular weight excluding hydrogens is 515 g/mol. The number of benzene rings is 1. The minimum Gasteiger partial charge on any atom is -0.480 e. The molecule has 2 aliphatic rings. The highest BCUT2D eigenvalue weighted by Gasteiger charge is 2.41. The molecule has 0 saturated carbocycles. The third kappa shape index (κ3) is 4.86. The van der Waals surface area contributed by atoms with E-state index >= 15 is 4.39 Å². The molecule has 3 aromatic rings. The van der Waals surface area contributed by atoms with Gasteiger partial charge in [-0.3, -0.25) is 4.79 Å². The Morgan fingerprint density at radius 2 is 1.89 bits per heavy atom. The molecule has 2 saturated heterocycles. The number of rotatable bonds is 8. The van der Waals surface area contributed by atoms with Crippen molar-refractivity contribution < 1.29 is 27.5 Å². The van der Waals surface area contributed by atoms with Crippen LogP contribution in [-0.2, 0) is 26.0 Å². The molecule has 200 valence electrons. The molecular formula is C25H27FN6O5S. The number of amides is 1. The number of likely N-dealkylation sites (tertiary alicyclic amines) is 1. The number of aliphatic carboxylic acids is 1. The Hall–Kier alpha value is -3.84. The number of nitrogens with zero attached hydrogens (tertiary/aromatic N) is 4. The van der Waals surface area contributed by atoms with Gasteiger partial charge in [-0.15, -0.1) is 0 Å². The molecule has 2 unspecified atom stereocenters. The quantitative estimate of drug-likeness (QED) is 0.384. The van der Waals surface area contributed by atoms with Crippen LogP contribution in [0.4, 0.5) is 16.0 Å². The lowest BCUT2D eigenvalue weighted by Crippen LogP contribution is -2.48. The molecule has 0 spiro atoms. The molecule has 1 aromatic carbocycles. The van der Waals surface area contributed by atoms with E-state index in [1.165, 1.54) is 30.6 Å². The highest BCUT2D eigenvalue weighted by atomic mass is 32.2. The van der Waals surface area contributed by atoms with E-state index in [4.69, 9.17) is 5.73 Å². The molecule has 0 aliphatic carbocycles. The van der Waals surface area contributed by atoms with Crippen LogP contribution in [0.1, 0.15) is 24.8 Å². The van der Waals surface area contributed by atoms with E-state index in [1.54, 1.807) is 12.1 Å². The van der Waals surface area contributed by atoms with Crippen molar-refractivity contribution in [1.82, 2.24) is 19.6 Å². The third-order valence-corrected chi connectivity index (χ3v) is 8.52. The average molecular weight is 543 g/mol. The van der Waals surface area contributed by atoms with E-state index in [0.29, 0.717) is 11.2 Å². The Morgan fingerprint density at radius 1 is 1.13 bits per heavy atom. The lowest BCUT2D eigenvalue weighted by Gasteiger charge is -2.25. The number of hydrogen-bond donors (Lipinski definition) is 3. The number of fused-ring (bicyclic) bond motifs is 1. The lowest BCUT2D eigenvalue weighted by atomic mass is 10.0. The topological polar surface area (TPSA) is 159 Å². The van der Waals surface area contributed by atoms with Gasteiger partial charge in [-0.25, -0.2) is 27.6 Å². The van der Waals surface area contributed by atoms with E-state index in [1.807, 2.05) is 0 Å². The normalized spacial score (nSPS) is 18.9. The van der Waals surface area contributed by atoms with Gasteiger partial charge in [0.25, 0.3) is 0 Å². The number of carbonyl (C=O) groups is 2. The van der Waals surface area contributed by atoms with Gasteiger partial charge in [-0.05, 0) is 43.0 Å². The number of aromatic nitrogens is 2. The second-order valence-corrected chi connectivity index (χ2v) is 11.1. The number of nitrogens with one attached hydrogen (secondary N) is 1. The molecule has 38 heavy (non-hydrogen) atoms. The first-order chi connectivity index (χ1) is 18.2. The van der Waals surface area contributed by atoms with E-state index in [0.717, 1.165) is 30.8 Å². The molecule has 2 aromatic heterocycles. The van der Waals surface area contributed by atoms with Crippen LogP contribution in [0, 0.1) is 5.82 Å². The molecule has 0 radical (unpaired) electrons. The Bertz CT molecular complexity index is 1490. The maximum atomic E-state index is 15.2. The first kappa shape index (κ1) is 25.8. The molecule has 5 rings (SSSR count). The number of nitrogen functional groups attached to an aromatic ring is 1. The Kier molecular flexibility index (Phi) is 6.88. The molecule has 0 bridgehead atoms. The van der Waals surface area contributed by atoms with Gasteiger partial charge < -0.3 is 20.6 Å².